The lowest BCUT2D eigenvalue weighted by Gasteiger charge is -2.36. The van der Waals surface area contributed by atoms with Gasteiger partial charge in [0.25, 0.3) is 0 Å². The summed E-state index contributed by atoms with van der Waals surface area (Å²) in [4.78, 5) is 26.3. The summed E-state index contributed by atoms with van der Waals surface area (Å²) in [6, 6.07) is 43.4. The van der Waals surface area contributed by atoms with E-state index in [1.807, 2.05) is 133 Å². The quantitative estimate of drug-likeness (QED) is 0.253. The van der Waals surface area contributed by atoms with Gasteiger partial charge < -0.3 is 11.1 Å². The number of carbonyl (C=O) groups is 2. The van der Waals surface area contributed by atoms with Gasteiger partial charge in [-0.1, -0.05) is 133 Å². The van der Waals surface area contributed by atoms with Gasteiger partial charge in [-0.2, -0.15) is 0 Å². The fourth-order valence-electron chi connectivity index (χ4n) is 5.28. The molecule has 3 N–H and O–H groups in total. The van der Waals surface area contributed by atoms with Crippen LogP contribution in [0.15, 0.2) is 133 Å². The van der Waals surface area contributed by atoms with Crippen molar-refractivity contribution in [2.75, 3.05) is 0 Å². The number of fused-ring (bicyclic) bond motifs is 1. The van der Waals surface area contributed by atoms with Gasteiger partial charge in [0.05, 0.1) is 5.41 Å². The average Bonchev–Trinajstić information content (AvgIpc) is 2.97. The Bertz CT molecular complexity index is 1440. The predicted octanol–water partition coefficient (Wildman–Crippen LogP) is 5.78. The van der Waals surface area contributed by atoms with E-state index in [2.05, 4.69) is 5.32 Å². The molecule has 1 atom stereocenters. The van der Waals surface area contributed by atoms with Gasteiger partial charge in [-0.15, -0.1) is 0 Å². The standard InChI is InChI=1S/C34H30N2O2/c35-33(38)31(23-25-20-21-26-12-10-11-13-27(26)22-25)36-32(37)24-34(28-14-4-1-5-15-28,29-16-6-2-7-17-29)30-18-8-3-9-19-30/h1-22,31H,23-24H2,(H2,35,38)(H,36,37)/t31-/m0/s1. The summed E-state index contributed by atoms with van der Waals surface area (Å²) in [5.41, 5.74) is 8.97. The number of rotatable bonds is 9. The second kappa shape index (κ2) is 11.1. The number of amides is 2. The van der Waals surface area contributed by atoms with E-state index in [4.69, 9.17) is 5.73 Å². The van der Waals surface area contributed by atoms with Crippen molar-refractivity contribution >= 4 is 22.6 Å². The number of nitrogens with one attached hydrogen (secondary N) is 1. The first kappa shape index (κ1) is 25.0. The van der Waals surface area contributed by atoms with Crippen molar-refractivity contribution in [1.29, 1.82) is 0 Å². The van der Waals surface area contributed by atoms with Gasteiger partial charge in [-0.3, -0.25) is 9.59 Å². The number of benzene rings is 5. The number of nitrogens with two attached hydrogens (primary N) is 1. The topological polar surface area (TPSA) is 72.2 Å². The lowest BCUT2D eigenvalue weighted by atomic mass is 9.67. The molecule has 5 aromatic rings. The van der Waals surface area contributed by atoms with E-state index in [0.717, 1.165) is 33.0 Å². The minimum Gasteiger partial charge on any atom is -0.368 e. The molecule has 0 fully saturated rings. The van der Waals surface area contributed by atoms with Gasteiger partial charge in [0.15, 0.2) is 0 Å². The molecule has 4 heteroatoms. The zero-order chi connectivity index (χ0) is 26.4. The van der Waals surface area contributed by atoms with Crippen molar-refractivity contribution in [2.24, 2.45) is 5.73 Å². The second-order valence-corrected chi connectivity index (χ2v) is 9.59. The molecule has 4 nitrogen and oxygen atoms in total. The summed E-state index contributed by atoms with van der Waals surface area (Å²) in [5, 5.41) is 5.16. The normalized spacial score (nSPS) is 12.1. The van der Waals surface area contributed by atoms with Crippen LogP contribution in [-0.2, 0) is 21.4 Å². The van der Waals surface area contributed by atoms with E-state index in [1.165, 1.54) is 0 Å². The second-order valence-electron chi connectivity index (χ2n) is 9.59. The Morgan fingerprint density at radius 2 is 1.11 bits per heavy atom. The molecule has 188 valence electrons. The highest BCUT2D eigenvalue weighted by Gasteiger charge is 2.39. The maximum Gasteiger partial charge on any atom is 0.240 e. The molecule has 0 unspecified atom stereocenters. The molecule has 2 amide bonds. The molecule has 5 aromatic carbocycles. The number of carbonyl (C=O) groups excluding carboxylic acids is 2. The molecular formula is C34H30N2O2. The monoisotopic (exact) mass is 498 g/mol. The lowest BCUT2D eigenvalue weighted by Crippen LogP contribution is -2.48. The van der Waals surface area contributed by atoms with E-state index in [0.29, 0.717) is 6.42 Å². The minimum absolute atomic E-state index is 0.118. The summed E-state index contributed by atoms with van der Waals surface area (Å²) in [6.07, 6.45) is 0.438. The summed E-state index contributed by atoms with van der Waals surface area (Å²) in [5.74, 6) is -0.803. The Kier molecular flexibility index (Phi) is 7.32. The van der Waals surface area contributed by atoms with Crippen LogP contribution in [0.5, 0.6) is 0 Å². The number of hydrogen-bond acceptors (Lipinski definition) is 2. The molecule has 0 aliphatic carbocycles. The molecule has 0 heterocycles. The maximum absolute atomic E-state index is 13.8. The van der Waals surface area contributed by atoms with Crippen molar-refractivity contribution in [2.45, 2.75) is 24.3 Å². The lowest BCUT2D eigenvalue weighted by molar-refractivity contribution is -0.127. The first-order chi connectivity index (χ1) is 18.6. The van der Waals surface area contributed by atoms with Crippen molar-refractivity contribution in [3.63, 3.8) is 0 Å². The Morgan fingerprint density at radius 1 is 0.632 bits per heavy atom. The van der Waals surface area contributed by atoms with Gasteiger partial charge in [-0.25, -0.2) is 0 Å². The van der Waals surface area contributed by atoms with Gasteiger partial charge in [0, 0.05) is 12.8 Å². The molecule has 38 heavy (non-hydrogen) atoms. The van der Waals surface area contributed by atoms with E-state index in [1.54, 1.807) is 0 Å². The predicted molar refractivity (Wildman–Crippen MR) is 153 cm³/mol. The summed E-state index contributed by atoms with van der Waals surface area (Å²) in [6.45, 7) is 0. The summed E-state index contributed by atoms with van der Waals surface area (Å²) in [7, 11) is 0. The van der Waals surface area contributed by atoms with Crippen molar-refractivity contribution in [1.82, 2.24) is 5.32 Å². The minimum atomic E-state index is -0.830. The van der Waals surface area contributed by atoms with Crippen LogP contribution >= 0.6 is 0 Å². The van der Waals surface area contributed by atoms with Crippen LogP contribution in [0.2, 0.25) is 0 Å². The molecule has 0 aliphatic heterocycles. The van der Waals surface area contributed by atoms with Crippen molar-refractivity contribution < 1.29 is 9.59 Å². The van der Waals surface area contributed by atoms with Gasteiger partial charge in [0.2, 0.25) is 11.8 Å². The third-order valence-electron chi connectivity index (χ3n) is 7.16. The van der Waals surface area contributed by atoms with Crippen LogP contribution in [-0.4, -0.2) is 17.9 Å². The van der Waals surface area contributed by atoms with E-state index in [9.17, 15) is 9.59 Å². The summed E-state index contributed by atoms with van der Waals surface area (Å²) >= 11 is 0. The Balaban J connectivity index is 1.49. The first-order valence-corrected chi connectivity index (χ1v) is 12.8. The molecule has 0 bridgehead atoms. The van der Waals surface area contributed by atoms with Gasteiger partial charge >= 0.3 is 0 Å². The Hall–Kier alpha value is -4.70. The fraction of sp³-hybridized carbons (Fsp3) is 0.118. The van der Waals surface area contributed by atoms with Crippen LogP contribution < -0.4 is 11.1 Å². The molecule has 0 aromatic heterocycles. The molecule has 0 spiro atoms. The molecule has 0 saturated carbocycles. The maximum atomic E-state index is 13.8. The number of hydrogen-bond donors (Lipinski definition) is 2. The first-order valence-electron chi connectivity index (χ1n) is 12.8. The van der Waals surface area contributed by atoms with Crippen molar-refractivity contribution in [3.8, 4) is 0 Å². The zero-order valence-corrected chi connectivity index (χ0v) is 21.1. The smallest absolute Gasteiger partial charge is 0.240 e. The van der Waals surface area contributed by atoms with Gasteiger partial charge in [-0.05, 0) is 33.0 Å². The SMILES string of the molecule is NC(=O)[C@H](Cc1ccc2ccccc2c1)NC(=O)CC(c1ccccc1)(c1ccccc1)c1ccccc1. The van der Waals surface area contributed by atoms with Crippen LogP contribution in [0.3, 0.4) is 0 Å². The van der Waals surface area contributed by atoms with Crippen LogP contribution in [0.25, 0.3) is 10.8 Å². The van der Waals surface area contributed by atoms with Crippen molar-refractivity contribution in [3.05, 3.63) is 156 Å². The molecule has 0 saturated heterocycles. The highest BCUT2D eigenvalue weighted by molar-refractivity contribution is 5.88. The third-order valence-corrected chi connectivity index (χ3v) is 7.16. The zero-order valence-electron chi connectivity index (χ0n) is 21.1. The van der Waals surface area contributed by atoms with Crippen LogP contribution in [0.1, 0.15) is 28.7 Å². The highest BCUT2D eigenvalue weighted by Crippen LogP contribution is 2.42. The van der Waals surface area contributed by atoms with E-state index in [-0.39, 0.29) is 12.3 Å². The largest absolute Gasteiger partial charge is 0.368 e. The fourth-order valence-corrected chi connectivity index (χ4v) is 5.28. The van der Waals surface area contributed by atoms with E-state index < -0.39 is 17.4 Å². The number of primary amides is 1. The van der Waals surface area contributed by atoms with E-state index >= 15 is 0 Å². The van der Waals surface area contributed by atoms with Gasteiger partial charge in [0.1, 0.15) is 6.04 Å². The molecule has 0 radical (unpaired) electrons. The Labute approximate surface area is 223 Å². The van der Waals surface area contributed by atoms with Crippen LogP contribution in [0, 0.1) is 0 Å². The average molecular weight is 499 g/mol. The van der Waals surface area contributed by atoms with Crippen LogP contribution in [0.4, 0.5) is 0 Å². The third kappa shape index (κ3) is 5.21. The highest BCUT2D eigenvalue weighted by atomic mass is 16.2. The molecular weight excluding hydrogens is 468 g/mol. The Morgan fingerprint density at radius 3 is 1.61 bits per heavy atom. The molecule has 0 aliphatic rings. The molecule has 5 rings (SSSR count). The summed E-state index contributed by atoms with van der Waals surface area (Å²) < 4.78 is 0.